The number of fused-ring (bicyclic) bond motifs is 1. The van der Waals surface area contributed by atoms with Crippen LogP contribution in [0.1, 0.15) is 15.9 Å². The maximum atomic E-state index is 12.4. The minimum Gasteiger partial charge on any atom is -0.497 e. The van der Waals surface area contributed by atoms with Gasteiger partial charge in [0.05, 0.1) is 7.11 Å². The molecule has 176 valence electrons. The Balaban J connectivity index is 0.00000181. The van der Waals surface area contributed by atoms with Crippen LogP contribution in [0.2, 0.25) is 0 Å². The summed E-state index contributed by atoms with van der Waals surface area (Å²) >= 11 is 3.63. The average Bonchev–Trinajstić information content (AvgIpc) is 3.24. The van der Waals surface area contributed by atoms with Gasteiger partial charge in [-0.15, -0.1) is 24.8 Å². The van der Waals surface area contributed by atoms with Crippen molar-refractivity contribution in [3.05, 3.63) is 52.0 Å². The van der Waals surface area contributed by atoms with Crippen molar-refractivity contribution >= 4 is 46.7 Å². The minimum atomic E-state index is -0.0881. The zero-order chi connectivity index (χ0) is 20.9. The highest BCUT2D eigenvalue weighted by atomic mass is 79.9. The second-order valence-corrected chi connectivity index (χ2v) is 8.25. The van der Waals surface area contributed by atoms with Crippen LogP contribution in [0, 0.1) is 0 Å². The highest BCUT2D eigenvalue weighted by Crippen LogP contribution is 2.32. The van der Waals surface area contributed by atoms with Gasteiger partial charge in [-0.05, 0) is 42.0 Å². The lowest BCUT2D eigenvalue weighted by atomic mass is 10.2. The number of ether oxygens (including phenoxy) is 3. The summed E-state index contributed by atoms with van der Waals surface area (Å²) < 4.78 is 17.1. The van der Waals surface area contributed by atoms with Crippen LogP contribution in [-0.4, -0.2) is 68.9 Å². The zero-order valence-electron chi connectivity index (χ0n) is 17.8. The smallest absolute Gasteiger partial charge is 0.251 e. The summed E-state index contributed by atoms with van der Waals surface area (Å²) in [5, 5.41) is 3.00. The van der Waals surface area contributed by atoms with Crippen LogP contribution in [-0.2, 0) is 6.54 Å². The van der Waals surface area contributed by atoms with E-state index in [-0.39, 0.29) is 37.5 Å². The second-order valence-electron chi connectivity index (χ2n) is 7.40. The van der Waals surface area contributed by atoms with Crippen molar-refractivity contribution in [2.24, 2.45) is 0 Å². The maximum Gasteiger partial charge on any atom is 0.251 e. The van der Waals surface area contributed by atoms with Crippen LogP contribution in [0.25, 0.3) is 0 Å². The molecule has 2 aliphatic rings. The largest absolute Gasteiger partial charge is 0.497 e. The van der Waals surface area contributed by atoms with Crippen molar-refractivity contribution in [3.63, 3.8) is 0 Å². The molecule has 2 aromatic carbocycles. The Morgan fingerprint density at radius 2 is 1.75 bits per heavy atom. The van der Waals surface area contributed by atoms with E-state index in [0.29, 0.717) is 23.6 Å². The number of carbonyl (C=O) groups excluding carboxylic acids is 1. The molecule has 0 bridgehead atoms. The van der Waals surface area contributed by atoms with Gasteiger partial charge < -0.3 is 19.5 Å². The molecule has 2 aliphatic heterocycles. The highest BCUT2D eigenvalue weighted by Gasteiger charge is 2.19. The summed E-state index contributed by atoms with van der Waals surface area (Å²) in [5.41, 5.74) is 1.83. The first-order valence-electron chi connectivity index (χ1n) is 10.1. The number of benzene rings is 2. The molecule has 0 unspecified atom stereocenters. The lowest BCUT2D eigenvalue weighted by molar-refractivity contribution is 0.0933. The number of hydrogen-bond acceptors (Lipinski definition) is 6. The van der Waals surface area contributed by atoms with Gasteiger partial charge in [-0.1, -0.05) is 15.9 Å². The fourth-order valence-corrected chi connectivity index (χ4v) is 4.05. The minimum absolute atomic E-state index is 0. The quantitative estimate of drug-likeness (QED) is 0.570. The van der Waals surface area contributed by atoms with E-state index in [4.69, 9.17) is 14.2 Å². The predicted molar refractivity (Wildman–Crippen MR) is 132 cm³/mol. The number of carbonyl (C=O) groups is 1. The number of halogens is 3. The second kappa shape index (κ2) is 12.5. The molecule has 0 radical (unpaired) electrons. The molecule has 2 heterocycles. The van der Waals surface area contributed by atoms with Gasteiger partial charge in [0.25, 0.3) is 5.91 Å². The van der Waals surface area contributed by atoms with E-state index in [1.165, 1.54) is 5.56 Å². The van der Waals surface area contributed by atoms with E-state index < -0.39 is 0 Å². The third kappa shape index (κ3) is 6.65. The van der Waals surface area contributed by atoms with Crippen molar-refractivity contribution in [3.8, 4) is 17.2 Å². The summed E-state index contributed by atoms with van der Waals surface area (Å²) in [6.45, 7) is 6.54. The Morgan fingerprint density at radius 3 is 2.50 bits per heavy atom. The summed E-state index contributed by atoms with van der Waals surface area (Å²) in [7, 11) is 1.69. The molecule has 2 aromatic rings. The maximum absolute atomic E-state index is 12.4. The predicted octanol–water partition coefficient (Wildman–Crippen LogP) is 3.58. The number of piperazine rings is 1. The fraction of sp³-hybridized carbons (Fsp3) is 0.409. The first-order valence-corrected chi connectivity index (χ1v) is 10.9. The molecule has 1 amide bonds. The normalized spacial score (nSPS) is 15.4. The van der Waals surface area contributed by atoms with Gasteiger partial charge in [-0.2, -0.15) is 0 Å². The van der Waals surface area contributed by atoms with Crippen LogP contribution in [0.4, 0.5) is 0 Å². The Labute approximate surface area is 209 Å². The molecule has 0 saturated carbocycles. The molecule has 1 N–H and O–H groups in total. The van der Waals surface area contributed by atoms with Gasteiger partial charge in [0, 0.05) is 55.8 Å². The number of amides is 1. The van der Waals surface area contributed by atoms with E-state index in [0.717, 1.165) is 49.5 Å². The third-order valence-electron chi connectivity index (χ3n) is 5.46. The van der Waals surface area contributed by atoms with Crippen LogP contribution >= 0.6 is 40.7 Å². The molecule has 10 heteroatoms. The summed E-state index contributed by atoms with van der Waals surface area (Å²) in [6.07, 6.45) is 0. The Hall–Kier alpha value is -1.71. The molecule has 4 rings (SSSR count). The van der Waals surface area contributed by atoms with Crippen molar-refractivity contribution in [1.29, 1.82) is 0 Å². The molecule has 7 nitrogen and oxygen atoms in total. The Bertz CT molecular complexity index is 911. The van der Waals surface area contributed by atoms with Gasteiger partial charge in [0.2, 0.25) is 6.79 Å². The van der Waals surface area contributed by atoms with Gasteiger partial charge in [0.1, 0.15) is 5.75 Å². The number of nitrogens with zero attached hydrogens (tertiary/aromatic N) is 2. The molecule has 0 atom stereocenters. The van der Waals surface area contributed by atoms with E-state index in [1.807, 2.05) is 12.1 Å². The van der Waals surface area contributed by atoms with E-state index in [9.17, 15) is 4.79 Å². The molecule has 0 aliphatic carbocycles. The molecule has 0 aromatic heterocycles. The number of methoxy groups -OCH3 is 1. The van der Waals surface area contributed by atoms with Crippen molar-refractivity contribution in [1.82, 2.24) is 15.1 Å². The van der Waals surface area contributed by atoms with Crippen molar-refractivity contribution in [2.45, 2.75) is 6.54 Å². The Morgan fingerprint density at radius 1 is 1.03 bits per heavy atom. The average molecular weight is 549 g/mol. The number of hydrogen-bond donors (Lipinski definition) is 1. The SMILES string of the molecule is COc1ccc(Br)c(CN2CCN(CCNC(=O)c3ccc4c(c3)OCO4)CC2)c1.Cl.Cl. The molecule has 0 spiro atoms. The fourth-order valence-electron chi connectivity index (χ4n) is 3.68. The van der Waals surface area contributed by atoms with Gasteiger partial charge in [-0.3, -0.25) is 14.6 Å². The first-order chi connectivity index (χ1) is 14.6. The standard InChI is InChI=1S/C22H26BrN3O4.2ClH/c1-28-18-3-4-19(23)17(12-18)14-26-10-8-25(9-11-26)7-6-24-22(27)16-2-5-20-21(13-16)30-15-29-20;;/h2-5,12-13H,6-11,14-15H2,1H3,(H,24,27);2*1H. The van der Waals surface area contributed by atoms with Crippen LogP contribution in [0.5, 0.6) is 17.2 Å². The third-order valence-corrected chi connectivity index (χ3v) is 6.23. The van der Waals surface area contributed by atoms with Crippen molar-refractivity contribution in [2.75, 3.05) is 53.2 Å². The van der Waals surface area contributed by atoms with E-state index in [2.05, 4.69) is 37.1 Å². The first kappa shape index (κ1) is 26.5. The van der Waals surface area contributed by atoms with E-state index in [1.54, 1.807) is 25.3 Å². The number of nitrogens with one attached hydrogen (secondary N) is 1. The molecule has 1 fully saturated rings. The van der Waals surface area contributed by atoms with Crippen LogP contribution in [0.15, 0.2) is 40.9 Å². The van der Waals surface area contributed by atoms with Crippen LogP contribution < -0.4 is 19.5 Å². The Kier molecular flexibility index (Phi) is 10.4. The molecular weight excluding hydrogens is 521 g/mol. The van der Waals surface area contributed by atoms with Crippen molar-refractivity contribution < 1.29 is 19.0 Å². The monoisotopic (exact) mass is 547 g/mol. The highest BCUT2D eigenvalue weighted by molar-refractivity contribution is 9.10. The zero-order valence-corrected chi connectivity index (χ0v) is 21.1. The molecular formula is C22H28BrCl2N3O4. The van der Waals surface area contributed by atoms with Crippen LogP contribution in [0.3, 0.4) is 0 Å². The lowest BCUT2D eigenvalue weighted by Crippen LogP contribution is -2.48. The van der Waals surface area contributed by atoms with E-state index >= 15 is 0 Å². The summed E-state index contributed by atoms with van der Waals surface area (Å²) in [4.78, 5) is 17.2. The van der Waals surface area contributed by atoms with Gasteiger partial charge in [-0.25, -0.2) is 0 Å². The molecule has 32 heavy (non-hydrogen) atoms. The lowest BCUT2D eigenvalue weighted by Gasteiger charge is -2.34. The van der Waals surface area contributed by atoms with Gasteiger partial charge >= 0.3 is 0 Å². The van der Waals surface area contributed by atoms with Gasteiger partial charge in [0.15, 0.2) is 11.5 Å². The summed E-state index contributed by atoms with van der Waals surface area (Å²) in [6, 6.07) is 11.3. The topological polar surface area (TPSA) is 63.3 Å². The number of rotatable bonds is 7. The molecule has 1 saturated heterocycles. The summed E-state index contributed by atoms with van der Waals surface area (Å²) in [5.74, 6) is 2.10.